The summed E-state index contributed by atoms with van der Waals surface area (Å²) in [6.45, 7) is 12.3. The molecule has 0 saturated carbocycles. The number of rotatable bonds is 6. The smallest absolute Gasteiger partial charge is 0.408 e. The number of hydrogen-bond acceptors (Lipinski definition) is 6. The van der Waals surface area contributed by atoms with Crippen LogP contribution in [0.5, 0.6) is 0 Å². The van der Waals surface area contributed by atoms with Gasteiger partial charge in [-0.05, 0) is 34.6 Å². The molecule has 0 radical (unpaired) electrons. The lowest BCUT2D eigenvalue weighted by Crippen LogP contribution is -2.54. The van der Waals surface area contributed by atoms with Gasteiger partial charge in [0.2, 0.25) is 0 Å². The van der Waals surface area contributed by atoms with Gasteiger partial charge in [-0.2, -0.15) is 0 Å². The Hall–Kier alpha value is -1.55. The summed E-state index contributed by atoms with van der Waals surface area (Å²) in [5.41, 5.74) is -1.07. The summed E-state index contributed by atoms with van der Waals surface area (Å²) in [7, 11) is -1.17. The zero-order valence-electron chi connectivity index (χ0n) is 17.4. The Morgan fingerprint density at radius 3 is 2.22 bits per heavy atom. The molecule has 1 amide bonds. The first kappa shape index (κ1) is 23.5. The first-order chi connectivity index (χ1) is 12.3. The molecule has 0 bridgehead atoms. The maximum absolute atomic E-state index is 11.9. The van der Waals surface area contributed by atoms with Crippen molar-refractivity contribution in [3.05, 3.63) is 0 Å². The van der Waals surface area contributed by atoms with Gasteiger partial charge in [-0.15, -0.1) is 0 Å². The molecule has 1 aliphatic rings. The molecule has 1 saturated heterocycles. The molecule has 0 aliphatic carbocycles. The molecule has 3 N–H and O–H groups in total. The quantitative estimate of drug-likeness (QED) is 0.427. The topological polar surface area (TPSA) is 112 Å². The molecular weight excluding hydrogens is 370 g/mol. The van der Waals surface area contributed by atoms with Gasteiger partial charge < -0.3 is 20.7 Å². The molecule has 0 aromatic carbocycles. The highest BCUT2D eigenvalue weighted by Crippen LogP contribution is 2.09. The standard InChI is InChI=1S/C17H35N5O4S/c1-16(2,3)26-15(23)21-17(4,5)13-20-14(18-6)19-7-8-22-9-11-27(24,25)12-10-22/h7-13H2,1-6H3,(H,21,23)(H2,18,19,20). The molecule has 9 nitrogen and oxygen atoms in total. The lowest BCUT2D eigenvalue weighted by atomic mass is 10.1. The van der Waals surface area contributed by atoms with Crippen molar-refractivity contribution in [2.75, 3.05) is 51.3 Å². The van der Waals surface area contributed by atoms with Crippen LogP contribution in [0.3, 0.4) is 0 Å². The van der Waals surface area contributed by atoms with E-state index in [2.05, 4.69) is 25.8 Å². The van der Waals surface area contributed by atoms with Gasteiger partial charge in [-0.25, -0.2) is 13.2 Å². The average Bonchev–Trinajstić information content (AvgIpc) is 2.49. The molecular formula is C17H35N5O4S. The Morgan fingerprint density at radius 1 is 1.11 bits per heavy atom. The predicted molar refractivity (Wildman–Crippen MR) is 108 cm³/mol. The van der Waals surface area contributed by atoms with Gasteiger partial charge in [-0.1, -0.05) is 0 Å². The second-order valence-corrected chi connectivity index (χ2v) is 10.7. The van der Waals surface area contributed by atoms with Crippen LogP contribution < -0.4 is 16.0 Å². The third-order valence-electron chi connectivity index (χ3n) is 3.92. The third kappa shape index (κ3) is 10.4. The van der Waals surface area contributed by atoms with Crippen LogP contribution in [0.15, 0.2) is 4.99 Å². The number of carbonyl (C=O) groups is 1. The number of nitrogens with zero attached hydrogens (tertiary/aromatic N) is 2. The number of sulfone groups is 1. The molecule has 0 spiro atoms. The second kappa shape index (κ2) is 9.59. The molecule has 1 rings (SSSR count). The number of nitrogens with one attached hydrogen (secondary N) is 3. The van der Waals surface area contributed by atoms with Gasteiger partial charge in [0.25, 0.3) is 0 Å². The first-order valence-electron chi connectivity index (χ1n) is 9.20. The van der Waals surface area contributed by atoms with Crippen LogP contribution in [-0.2, 0) is 14.6 Å². The van der Waals surface area contributed by atoms with Gasteiger partial charge in [0.05, 0.1) is 17.0 Å². The Kier molecular flexibility index (Phi) is 8.34. The normalized spacial score (nSPS) is 18.7. The largest absolute Gasteiger partial charge is 0.444 e. The van der Waals surface area contributed by atoms with E-state index in [9.17, 15) is 13.2 Å². The number of amides is 1. The van der Waals surface area contributed by atoms with Crippen LogP contribution in [0.2, 0.25) is 0 Å². The third-order valence-corrected chi connectivity index (χ3v) is 5.53. The molecule has 0 unspecified atom stereocenters. The van der Waals surface area contributed by atoms with Crippen LogP contribution in [-0.4, -0.2) is 87.8 Å². The van der Waals surface area contributed by atoms with Crippen molar-refractivity contribution in [3.63, 3.8) is 0 Å². The Balaban J connectivity index is 2.33. The predicted octanol–water partition coefficient (Wildman–Crippen LogP) is 0.185. The molecule has 0 aromatic heterocycles. The van der Waals surface area contributed by atoms with E-state index in [4.69, 9.17) is 4.74 Å². The van der Waals surface area contributed by atoms with Gasteiger partial charge in [-0.3, -0.25) is 9.89 Å². The van der Waals surface area contributed by atoms with Crippen LogP contribution in [0.25, 0.3) is 0 Å². The van der Waals surface area contributed by atoms with Crippen molar-refractivity contribution >= 4 is 21.9 Å². The van der Waals surface area contributed by atoms with Crippen molar-refractivity contribution in [3.8, 4) is 0 Å². The fraction of sp³-hybridized carbons (Fsp3) is 0.882. The number of alkyl carbamates (subject to hydrolysis) is 1. The van der Waals surface area contributed by atoms with Crippen molar-refractivity contribution < 1.29 is 17.9 Å². The fourth-order valence-corrected chi connectivity index (χ4v) is 3.73. The monoisotopic (exact) mass is 405 g/mol. The van der Waals surface area contributed by atoms with E-state index in [0.29, 0.717) is 32.1 Å². The van der Waals surface area contributed by atoms with Crippen LogP contribution >= 0.6 is 0 Å². The van der Waals surface area contributed by atoms with Gasteiger partial charge >= 0.3 is 6.09 Å². The van der Waals surface area contributed by atoms with Crippen LogP contribution in [0, 0.1) is 0 Å². The number of ether oxygens (including phenoxy) is 1. The minimum atomic E-state index is -2.85. The molecule has 1 aliphatic heterocycles. The van der Waals surface area contributed by atoms with E-state index in [-0.39, 0.29) is 11.5 Å². The number of hydrogen-bond donors (Lipinski definition) is 3. The Morgan fingerprint density at radius 2 is 1.70 bits per heavy atom. The van der Waals surface area contributed by atoms with Crippen LogP contribution in [0.4, 0.5) is 4.79 Å². The molecule has 1 fully saturated rings. The summed E-state index contributed by atoms with van der Waals surface area (Å²) in [5, 5.41) is 9.22. The molecule has 1 heterocycles. The Bertz CT molecular complexity index is 612. The van der Waals surface area contributed by atoms with Crippen LogP contribution in [0.1, 0.15) is 34.6 Å². The van der Waals surface area contributed by atoms with Crippen molar-refractivity contribution in [2.45, 2.75) is 45.8 Å². The van der Waals surface area contributed by atoms with Crippen molar-refractivity contribution in [1.82, 2.24) is 20.9 Å². The van der Waals surface area contributed by atoms with E-state index >= 15 is 0 Å². The minimum Gasteiger partial charge on any atom is -0.444 e. The van der Waals surface area contributed by atoms with E-state index in [1.165, 1.54) is 0 Å². The molecule has 158 valence electrons. The summed E-state index contributed by atoms with van der Waals surface area (Å²) in [6, 6.07) is 0. The van der Waals surface area contributed by atoms with Gasteiger partial charge in [0.1, 0.15) is 5.60 Å². The highest BCUT2D eigenvalue weighted by atomic mass is 32.2. The zero-order chi connectivity index (χ0) is 20.7. The van der Waals surface area contributed by atoms with E-state index in [1.807, 2.05) is 34.6 Å². The van der Waals surface area contributed by atoms with E-state index < -0.39 is 27.1 Å². The lowest BCUT2D eigenvalue weighted by Gasteiger charge is -2.30. The summed E-state index contributed by atoms with van der Waals surface area (Å²) < 4.78 is 28.2. The first-order valence-corrected chi connectivity index (χ1v) is 11.0. The molecule has 0 aromatic rings. The maximum atomic E-state index is 11.9. The highest BCUT2D eigenvalue weighted by Gasteiger charge is 2.25. The SMILES string of the molecule is CN=C(NCCN1CCS(=O)(=O)CC1)NCC(C)(C)NC(=O)OC(C)(C)C. The zero-order valence-corrected chi connectivity index (χ0v) is 18.2. The molecule has 0 atom stereocenters. The lowest BCUT2D eigenvalue weighted by molar-refractivity contribution is 0.0474. The number of carbonyl (C=O) groups excluding carboxylic acids is 1. The van der Waals surface area contributed by atoms with E-state index in [1.54, 1.807) is 7.05 Å². The van der Waals surface area contributed by atoms with Crippen molar-refractivity contribution in [2.24, 2.45) is 4.99 Å². The molecule has 10 heteroatoms. The summed E-state index contributed by atoms with van der Waals surface area (Å²) >= 11 is 0. The van der Waals surface area contributed by atoms with Gasteiger partial charge in [0, 0.05) is 39.8 Å². The Labute approximate surface area is 163 Å². The van der Waals surface area contributed by atoms with Crippen molar-refractivity contribution in [1.29, 1.82) is 0 Å². The second-order valence-electron chi connectivity index (χ2n) is 8.36. The summed E-state index contributed by atoms with van der Waals surface area (Å²) in [4.78, 5) is 18.2. The van der Waals surface area contributed by atoms with Gasteiger partial charge in [0.15, 0.2) is 15.8 Å². The highest BCUT2D eigenvalue weighted by molar-refractivity contribution is 7.91. The summed E-state index contributed by atoms with van der Waals surface area (Å²) in [5.74, 6) is 1.08. The summed E-state index contributed by atoms with van der Waals surface area (Å²) in [6.07, 6.45) is -0.461. The average molecular weight is 406 g/mol. The number of guanidine groups is 1. The van der Waals surface area contributed by atoms with E-state index in [0.717, 1.165) is 6.54 Å². The fourth-order valence-electron chi connectivity index (χ4n) is 2.46. The minimum absolute atomic E-state index is 0.227. The number of aliphatic imine (C=N–C) groups is 1. The molecule has 27 heavy (non-hydrogen) atoms. The maximum Gasteiger partial charge on any atom is 0.408 e.